The zero-order valence-corrected chi connectivity index (χ0v) is 22.4. The molecule has 2 N–H and O–H groups in total. The Bertz CT molecular complexity index is 1240. The molecule has 0 saturated heterocycles. The highest BCUT2D eigenvalue weighted by molar-refractivity contribution is 6.01. The first-order valence-corrected chi connectivity index (χ1v) is 13.2. The second-order valence-electron chi connectivity index (χ2n) is 11.6. The average molecular weight is 542 g/mol. The highest BCUT2D eigenvalue weighted by Crippen LogP contribution is 2.36. The van der Waals surface area contributed by atoms with Gasteiger partial charge in [0.15, 0.2) is 0 Å². The van der Waals surface area contributed by atoms with Crippen molar-refractivity contribution in [3.8, 4) is 6.07 Å². The fourth-order valence-electron chi connectivity index (χ4n) is 5.03. The molecule has 3 amide bonds. The molecule has 0 aliphatic heterocycles. The molecule has 2 aliphatic rings. The van der Waals surface area contributed by atoms with Crippen LogP contribution in [0.5, 0.6) is 0 Å². The lowest BCUT2D eigenvalue weighted by atomic mass is 9.78. The normalized spacial score (nSPS) is 19.2. The van der Waals surface area contributed by atoms with Crippen molar-refractivity contribution in [2.75, 3.05) is 4.90 Å². The summed E-state index contributed by atoms with van der Waals surface area (Å²) in [5.41, 5.74) is 0.234. The summed E-state index contributed by atoms with van der Waals surface area (Å²) in [7, 11) is 0. The van der Waals surface area contributed by atoms with Crippen molar-refractivity contribution in [1.29, 1.82) is 5.26 Å². The summed E-state index contributed by atoms with van der Waals surface area (Å²) in [4.78, 5) is 32.7. The van der Waals surface area contributed by atoms with E-state index in [2.05, 4.69) is 21.7 Å². The van der Waals surface area contributed by atoms with Crippen molar-refractivity contribution >= 4 is 17.6 Å². The van der Waals surface area contributed by atoms with Crippen LogP contribution in [0.2, 0.25) is 0 Å². The third kappa shape index (κ3) is 6.52. The number of hydrogen-bond acceptors (Lipinski definition) is 4. The van der Waals surface area contributed by atoms with Crippen LogP contribution in [0.15, 0.2) is 42.7 Å². The maximum atomic E-state index is 14.3. The minimum absolute atomic E-state index is 0.0802. The number of aromatic nitrogens is 1. The van der Waals surface area contributed by atoms with Gasteiger partial charge in [0.2, 0.25) is 11.8 Å². The summed E-state index contributed by atoms with van der Waals surface area (Å²) in [5.74, 6) is -4.12. The first-order chi connectivity index (χ1) is 18.3. The molecule has 0 spiro atoms. The van der Waals surface area contributed by atoms with E-state index >= 15 is 0 Å². The predicted molar refractivity (Wildman–Crippen MR) is 141 cm³/mol. The van der Waals surface area contributed by atoms with Crippen molar-refractivity contribution in [3.05, 3.63) is 59.7 Å². The number of pyridine rings is 1. The monoisotopic (exact) mass is 541 g/mol. The number of urea groups is 1. The van der Waals surface area contributed by atoms with Gasteiger partial charge in [-0.3, -0.25) is 14.7 Å². The number of nitriles is 1. The Morgan fingerprint density at radius 2 is 1.74 bits per heavy atom. The number of alkyl halides is 2. The quantitative estimate of drug-likeness (QED) is 0.475. The van der Waals surface area contributed by atoms with Crippen molar-refractivity contribution in [2.24, 2.45) is 0 Å². The highest BCUT2D eigenvalue weighted by Gasteiger charge is 2.43. The van der Waals surface area contributed by atoms with Gasteiger partial charge in [0, 0.05) is 36.3 Å². The van der Waals surface area contributed by atoms with Crippen molar-refractivity contribution < 1.29 is 22.8 Å². The summed E-state index contributed by atoms with van der Waals surface area (Å²) in [5, 5.41) is 15.3. The summed E-state index contributed by atoms with van der Waals surface area (Å²) in [6.07, 6.45) is 3.47. The molecular weight excluding hydrogens is 507 g/mol. The topological polar surface area (TPSA) is 98.1 Å². The molecule has 1 atom stereocenters. The van der Waals surface area contributed by atoms with E-state index in [1.54, 1.807) is 12.1 Å². The van der Waals surface area contributed by atoms with Crippen LogP contribution in [0.25, 0.3) is 0 Å². The number of anilines is 1. The van der Waals surface area contributed by atoms with Crippen LogP contribution in [0, 0.1) is 17.1 Å². The number of rotatable bonds is 6. The van der Waals surface area contributed by atoms with E-state index in [1.807, 2.05) is 32.9 Å². The van der Waals surface area contributed by atoms with Crippen LogP contribution in [0.3, 0.4) is 0 Å². The maximum Gasteiger partial charge on any atom is 0.324 e. The van der Waals surface area contributed by atoms with Crippen LogP contribution in [-0.4, -0.2) is 34.4 Å². The van der Waals surface area contributed by atoms with Gasteiger partial charge < -0.3 is 10.6 Å². The first-order valence-electron chi connectivity index (χ1n) is 13.2. The molecule has 39 heavy (non-hydrogen) atoms. The van der Waals surface area contributed by atoms with Gasteiger partial charge in [-0.2, -0.15) is 5.26 Å². The summed E-state index contributed by atoms with van der Waals surface area (Å²) >= 11 is 0. The van der Waals surface area contributed by atoms with Gasteiger partial charge in [0.25, 0.3) is 0 Å². The molecule has 10 heteroatoms. The van der Waals surface area contributed by atoms with Crippen LogP contribution in [-0.2, 0) is 10.2 Å². The first kappa shape index (κ1) is 28.4. The van der Waals surface area contributed by atoms with Crippen LogP contribution < -0.4 is 15.5 Å². The van der Waals surface area contributed by atoms with Gasteiger partial charge in [-0.05, 0) is 61.3 Å². The Morgan fingerprint density at radius 3 is 2.26 bits per heavy atom. The lowest BCUT2D eigenvalue weighted by Crippen LogP contribution is -2.58. The number of amides is 3. The molecule has 2 saturated carbocycles. The second kappa shape index (κ2) is 10.9. The number of carbonyl (C=O) groups excluding carboxylic acids is 2. The number of benzene rings is 1. The van der Waals surface area contributed by atoms with Crippen molar-refractivity contribution in [1.82, 2.24) is 15.6 Å². The molecule has 0 bridgehead atoms. The van der Waals surface area contributed by atoms with Gasteiger partial charge in [-0.25, -0.2) is 18.0 Å². The highest BCUT2D eigenvalue weighted by atomic mass is 19.3. The van der Waals surface area contributed by atoms with Gasteiger partial charge in [0.05, 0.1) is 12.3 Å². The number of hydrogen-bond donors (Lipinski definition) is 2. The molecule has 208 valence electrons. The Hall–Kier alpha value is -3.61. The van der Waals surface area contributed by atoms with E-state index in [0.29, 0.717) is 18.5 Å². The summed E-state index contributed by atoms with van der Waals surface area (Å²) < 4.78 is 41.8. The third-order valence-electron chi connectivity index (χ3n) is 7.61. The lowest BCUT2D eigenvalue weighted by molar-refractivity contribution is -0.124. The van der Waals surface area contributed by atoms with Crippen LogP contribution in [0.4, 0.5) is 23.7 Å². The van der Waals surface area contributed by atoms with E-state index in [0.717, 1.165) is 24.2 Å². The van der Waals surface area contributed by atoms with E-state index < -0.39 is 41.3 Å². The van der Waals surface area contributed by atoms with Gasteiger partial charge >= 0.3 is 6.03 Å². The smallest absolute Gasteiger partial charge is 0.324 e. The van der Waals surface area contributed by atoms with E-state index in [4.69, 9.17) is 0 Å². The fraction of sp³-hybridized carbons (Fsp3) is 0.517. The molecular formula is C29H34F3N5O2. The Morgan fingerprint density at radius 1 is 1.10 bits per heavy atom. The SMILES string of the molecule is CC(C)(C)c1ccc(N(C(=O)NC2(C#N)CCC2)C(C(=O)NC2CCC(F)(F)CC2)c2cncc(F)c2)cc1. The standard InChI is InChI=1S/C29H34F3N5O2/c1-27(2,3)20-5-7-23(8-6-20)37(26(39)36-28(18-33)11-4-12-28)24(19-15-21(30)17-34-16-19)25(38)35-22-9-13-29(31,32)14-10-22/h5-8,15-17,22,24H,4,9-14H2,1-3H3,(H,35,38)(H,36,39). The fourth-order valence-corrected chi connectivity index (χ4v) is 5.03. The minimum atomic E-state index is -2.78. The maximum absolute atomic E-state index is 14.3. The molecule has 1 unspecified atom stereocenters. The van der Waals surface area contributed by atoms with Gasteiger partial charge in [-0.15, -0.1) is 0 Å². The number of nitrogens with zero attached hydrogens (tertiary/aromatic N) is 3. The van der Waals surface area contributed by atoms with E-state index in [-0.39, 0.29) is 36.7 Å². The number of halogens is 3. The molecule has 1 heterocycles. The van der Waals surface area contributed by atoms with Gasteiger partial charge in [-0.1, -0.05) is 32.9 Å². The Labute approximate surface area is 226 Å². The largest absolute Gasteiger partial charge is 0.351 e. The minimum Gasteiger partial charge on any atom is -0.351 e. The molecule has 1 aromatic heterocycles. The zero-order chi connectivity index (χ0) is 28.4. The molecule has 4 rings (SSSR count). The Kier molecular flexibility index (Phi) is 7.92. The number of carbonyl (C=O) groups is 2. The molecule has 2 aliphatic carbocycles. The summed E-state index contributed by atoms with van der Waals surface area (Å²) in [6.45, 7) is 6.13. The number of nitrogens with one attached hydrogen (secondary N) is 2. The predicted octanol–water partition coefficient (Wildman–Crippen LogP) is 5.92. The van der Waals surface area contributed by atoms with E-state index in [1.165, 1.54) is 11.1 Å². The molecule has 0 radical (unpaired) electrons. The molecule has 2 fully saturated rings. The average Bonchev–Trinajstić information content (AvgIpc) is 2.85. The zero-order valence-electron chi connectivity index (χ0n) is 22.4. The Balaban J connectivity index is 1.74. The van der Waals surface area contributed by atoms with Crippen molar-refractivity contribution in [2.45, 2.75) is 94.7 Å². The molecule has 2 aromatic rings. The summed E-state index contributed by atoms with van der Waals surface area (Å²) in [6, 6.07) is 7.81. The molecule has 1 aromatic carbocycles. The van der Waals surface area contributed by atoms with Gasteiger partial charge in [0.1, 0.15) is 17.4 Å². The lowest BCUT2D eigenvalue weighted by Gasteiger charge is -2.40. The van der Waals surface area contributed by atoms with Crippen molar-refractivity contribution in [3.63, 3.8) is 0 Å². The van der Waals surface area contributed by atoms with Crippen LogP contribution in [0.1, 0.15) is 82.9 Å². The van der Waals surface area contributed by atoms with E-state index in [9.17, 15) is 28.0 Å². The second-order valence-corrected chi connectivity index (χ2v) is 11.6. The van der Waals surface area contributed by atoms with Crippen LogP contribution >= 0.6 is 0 Å². The third-order valence-corrected chi connectivity index (χ3v) is 7.61. The molecule has 7 nitrogen and oxygen atoms in total.